The molecule has 0 bridgehead atoms. The van der Waals surface area contributed by atoms with Crippen LogP contribution in [0.15, 0.2) is 58.1 Å². The lowest BCUT2D eigenvalue weighted by Crippen LogP contribution is -2.37. The van der Waals surface area contributed by atoms with Crippen LogP contribution in [-0.4, -0.2) is 21.2 Å². The minimum Gasteiger partial charge on any atom is -0.493 e. The molecule has 4 aromatic rings. The van der Waals surface area contributed by atoms with Crippen molar-refractivity contribution in [2.24, 2.45) is 14.1 Å². The summed E-state index contributed by atoms with van der Waals surface area (Å²) in [5.74, 6) is 0.833. The van der Waals surface area contributed by atoms with E-state index in [9.17, 15) is 14.9 Å². The summed E-state index contributed by atoms with van der Waals surface area (Å²) in [5.41, 5.74) is 6.84. The third kappa shape index (κ3) is 3.68. The van der Waals surface area contributed by atoms with Gasteiger partial charge in [0, 0.05) is 19.7 Å². The summed E-state index contributed by atoms with van der Waals surface area (Å²) in [5, 5.41) is 9.91. The molecule has 2 heterocycles. The van der Waals surface area contributed by atoms with Gasteiger partial charge in [-0.3, -0.25) is 13.9 Å². The average Bonchev–Trinajstić information content (AvgIpc) is 2.84. The van der Waals surface area contributed by atoms with Crippen molar-refractivity contribution in [1.29, 1.82) is 5.26 Å². The van der Waals surface area contributed by atoms with Crippen molar-refractivity contribution in [3.63, 3.8) is 0 Å². The summed E-state index contributed by atoms with van der Waals surface area (Å²) >= 11 is 0. The lowest BCUT2D eigenvalue weighted by atomic mass is 9.97. The number of nitrogens with zero attached hydrogens (tertiary/aromatic N) is 4. The SMILES string of the molecule is COc1cc(-c2c(C#N)c(N)nc3c2c(=O)n(C)c(=O)n3C)ccc1OCc1ccccc1. The van der Waals surface area contributed by atoms with Crippen molar-refractivity contribution in [2.75, 3.05) is 12.8 Å². The number of rotatable bonds is 5. The molecule has 0 aliphatic rings. The summed E-state index contributed by atoms with van der Waals surface area (Å²) in [6.07, 6.45) is 0. The first-order chi connectivity index (χ1) is 15.9. The highest BCUT2D eigenvalue weighted by Crippen LogP contribution is 2.37. The van der Waals surface area contributed by atoms with Gasteiger partial charge in [0.05, 0.1) is 12.5 Å². The monoisotopic (exact) mass is 443 g/mol. The van der Waals surface area contributed by atoms with Gasteiger partial charge >= 0.3 is 5.69 Å². The molecule has 9 heteroatoms. The summed E-state index contributed by atoms with van der Waals surface area (Å²) in [4.78, 5) is 29.6. The summed E-state index contributed by atoms with van der Waals surface area (Å²) in [7, 11) is 4.37. The van der Waals surface area contributed by atoms with E-state index in [-0.39, 0.29) is 28.0 Å². The highest BCUT2D eigenvalue weighted by atomic mass is 16.5. The van der Waals surface area contributed by atoms with Gasteiger partial charge in [0.25, 0.3) is 5.56 Å². The van der Waals surface area contributed by atoms with E-state index in [1.54, 1.807) is 18.2 Å². The van der Waals surface area contributed by atoms with E-state index in [2.05, 4.69) is 4.98 Å². The Kier molecular flexibility index (Phi) is 5.58. The predicted molar refractivity (Wildman–Crippen MR) is 124 cm³/mol. The summed E-state index contributed by atoms with van der Waals surface area (Å²) in [6, 6.07) is 16.8. The number of aryl methyl sites for hydroxylation is 1. The quantitative estimate of drug-likeness (QED) is 0.502. The first-order valence-electron chi connectivity index (χ1n) is 10.0. The number of benzene rings is 2. The van der Waals surface area contributed by atoms with E-state index in [0.29, 0.717) is 23.7 Å². The van der Waals surface area contributed by atoms with Gasteiger partial charge in [-0.1, -0.05) is 36.4 Å². The molecule has 33 heavy (non-hydrogen) atoms. The van der Waals surface area contributed by atoms with Crippen LogP contribution >= 0.6 is 0 Å². The Balaban J connectivity index is 1.92. The lowest BCUT2D eigenvalue weighted by Gasteiger charge is -2.16. The summed E-state index contributed by atoms with van der Waals surface area (Å²) < 4.78 is 13.6. The Bertz CT molecular complexity index is 1530. The fraction of sp³-hybridized carbons (Fsp3) is 0.167. The van der Waals surface area contributed by atoms with Gasteiger partial charge in [0.1, 0.15) is 24.1 Å². The topological polar surface area (TPSA) is 125 Å². The molecule has 0 fully saturated rings. The van der Waals surface area contributed by atoms with Crippen LogP contribution in [0, 0.1) is 11.3 Å². The maximum absolute atomic E-state index is 13.1. The first kappa shape index (κ1) is 21.6. The van der Waals surface area contributed by atoms with Crippen molar-refractivity contribution >= 4 is 16.9 Å². The molecular weight excluding hydrogens is 422 g/mol. The Labute approximate surface area is 188 Å². The van der Waals surface area contributed by atoms with E-state index >= 15 is 0 Å². The Morgan fingerprint density at radius 3 is 2.45 bits per heavy atom. The number of hydrogen-bond donors (Lipinski definition) is 1. The molecule has 0 aliphatic heterocycles. The van der Waals surface area contributed by atoms with E-state index in [1.165, 1.54) is 25.8 Å². The number of anilines is 1. The van der Waals surface area contributed by atoms with Crippen molar-refractivity contribution in [1.82, 2.24) is 14.1 Å². The number of hydrogen-bond acceptors (Lipinski definition) is 7. The molecule has 0 saturated heterocycles. The van der Waals surface area contributed by atoms with Crippen LogP contribution in [0.25, 0.3) is 22.2 Å². The molecule has 0 atom stereocenters. The second-order valence-electron chi connectivity index (χ2n) is 7.40. The van der Waals surface area contributed by atoms with Crippen LogP contribution in [0.3, 0.4) is 0 Å². The highest BCUT2D eigenvalue weighted by Gasteiger charge is 2.22. The molecule has 0 amide bonds. The second-order valence-corrected chi connectivity index (χ2v) is 7.40. The zero-order valence-corrected chi connectivity index (χ0v) is 18.3. The zero-order valence-electron chi connectivity index (χ0n) is 18.3. The third-order valence-corrected chi connectivity index (χ3v) is 5.42. The number of ether oxygens (including phenoxy) is 2. The molecule has 2 aromatic carbocycles. The zero-order chi connectivity index (χ0) is 23.7. The molecule has 2 N–H and O–H groups in total. The number of nitrogen functional groups attached to an aromatic ring is 1. The molecule has 0 unspecified atom stereocenters. The van der Waals surface area contributed by atoms with Crippen LogP contribution in [-0.2, 0) is 20.7 Å². The minimum absolute atomic E-state index is 0.0401. The van der Waals surface area contributed by atoms with Crippen molar-refractivity contribution < 1.29 is 9.47 Å². The number of nitrogens with two attached hydrogens (primary N) is 1. The van der Waals surface area contributed by atoms with Crippen molar-refractivity contribution in [3.05, 3.63) is 80.5 Å². The third-order valence-electron chi connectivity index (χ3n) is 5.42. The van der Waals surface area contributed by atoms with Gasteiger partial charge in [-0.25, -0.2) is 9.78 Å². The molecule has 0 aliphatic carbocycles. The van der Waals surface area contributed by atoms with Gasteiger partial charge in [-0.2, -0.15) is 5.26 Å². The lowest BCUT2D eigenvalue weighted by molar-refractivity contribution is 0.284. The van der Waals surface area contributed by atoms with Crippen LogP contribution in [0.4, 0.5) is 5.82 Å². The predicted octanol–water partition coefficient (Wildman–Crippen LogP) is 2.34. The molecule has 0 radical (unpaired) electrons. The van der Waals surface area contributed by atoms with Gasteiger partial charge < -0.3 is 15.2 Å². The van der Waals surface area contributed by atoms with Gasteiger partial charge in [-0.05, 0) is 23.3 Å². The fourth-order valence-electron chi connectivity index (χ4n) is 3.69. The summed E-state index contributed by atoms with van der Waals surface area (Å²) in [6.45, 7) is 0.341. The maximum Gasteiger partial charge on any atom is 0.332 e. The number of pyridine rings is 1. The minimum atomic E-state index is -0.574. The highest BCUT2D eigenvalue weighted by molar-refractivity contribution is 5.98. The van der Waals surface area contributed by atoms with E-state index in [1.807, 2.05) is 36.4 Å². The Hall–Kier alpha value is -4.58. The Morgan fingerprint density at radius 2 is 1.79 bits per heavy atom. The number of fused-ring (bicyclic) bond motifs is 1. The maximum atomic E-state index is 13.1. The first-order valence-corrected chi connectivity index (χ1v) is 10.0. The standard InChI is InChI=1S/C24H21N5O4/c1-28-22-20(23(30)29(2)24(28)31)19(16(12-25)21(26)27-22)15-9-10-17(18(11-15)32-3)33-13-14-7-5-4-6-8-14/h4-11H,13H2,1-3H3,(H2,26,27). The molecule has 2 aromatic heterocycles. The molecule has 9 nitrogen and oxygen atoms in total. The van der Waals surface area contributed by atoms with Crippen LogP contribution in [0.5, 0.6) is 11.5 Å². The smallest absolute Gasteiger partial charge is 0.332 e. The molecule has 166 valence electrons. The number of nitriles is 1. The second kappa shape index (κ2) is 8.51. The van der Waals surface area contributed by atoms with Crippen molar-refractivity contribution in [3.8, 4) is 28.7 Å². The molecule has 0 spiro atoms. The van der Waals surface area contributed by atoms with Crippen molar-refractivity contribution in [2.45, 2.75) is 6.61 Å². The van der Waals surface area contributed by atoms with Crippen LogP contribution < -0.4 is 26.5 Å². The molecule has 4 rings (SSSR count). The normalized spacial score (nSPS) is 10.7. The van der Waals surface area contributed by atoms with Gasteiger partial charge in [0.15, 0.2) is 17.1 Å². The largest absolute Gasteiger partial charge is 0.493 e. The molecular formula is C24H21N5O4. The van der Waals surface area contributed by atoms with E-state index in [0.717, 1.165) is 10.1 Å². The molecule has 0 saturated carbocycles. The van der Waals surface area contributed by atoms with Crippen LogP contribution in [0.2, 0.25) is 0 Å². The number of methoxy groups -OCH3 is 1. The van der Waals surface area contributed by atoms with Gasteiger partial charge in [0.2, 0.25) is 0 Å². The van der Waals surface area contributed by atoms with Gasteiger partial charge in [-0.15, -0.1) is 0 Å². The van der Waals surface area contributed by atoms with Crippen LogP contribution in [0.1, 0.15) is 11.1 Å². The Morgan fingerprint density at radius 1 is 1.06 bits per heavy atom. The fourth-order valence-corrected chi connectivity index (χ4v) is 3.69. The number of aromatic nitrogens is 3. The van der Waals surface area contributed by atoms with E-state index < -0.39 is 11.2 Å². The average molecular weight is 443 g/mol. The van der Waals surface area contributed by atoms with E-state index in [4.69, 9.17) is 15.2 Å².